The summed E-state index contributed by atoms with van der Waals surface area (Å²) in [4.78, 5) is 12.8. The molecule has 1 aliphatic rings. The normalized spacial score (nSPS) is 16.8. The van der Waals surface area contributed by atoms with E-state index in [9.17, 15) is 13.2 Å². The number of ether oxygens (including phenoxy) is 3. The molecule has 1 atom stereocenters. The van der Waals surface area contributed by atoms with E-state index in [-0.39, 0.29) is 28.2 Å². The van der Waals surface area contributed by atoms with Gasteiger partial charge in [0.2, 0.25) is 10.0 Å². The second-order valence-electron chi connectivity index (χ2n) is 8.01. The molecule has 0 bridgehead atoms. The lowest BCUT2D eigenvalue weighted by Gasteiger charge is -2.32. The molecule has 3 rings (SSSR count). The van der Waals surface area contributed by atoms with Gasteiger partial charge in [0.25, 0.3) is 5.91 Å². The average Bonchev–Trinajstić information content (AvgIpc) is 2.83. The second-order valence-corrected chi connectivity index (χ2v) is 9.87. The van der Waals surface area contributed by atoms with E-state index in [1.165, 1.54) is 23.5 Å². The van der Waals surface area contributed by atoms with E-state index in [0.29, 0.717) is 31.0 Å². The minimum absolute atomic E-state index is 0.0169. The monoisotopic (exact) mass is 476 g/mol. The molecule has 1 heterocycles. The molecule has 33 heavy (non-hydrogen) atoms. The third-order valence-corrected chi connectivity index (χ3v) is 7.96. The van der Waals surface area contributed by atoms with Gasteiger partial charge < -0.3 is 19.5 Å². The summed E-state index contributed by atoms with van der Waals surface area (Å²) in [5, 5.41) is 2.86. The van der Waals surface area contributed by atoms with Crippen LogP contribution in [0.25, 0.3) is 0 Å². The van der Waals surface area contributed by atoms with Crippen molar-refractivity contribution in [2.24, 2.45) is 0 Å². The Morgan fingerprint density at radius 3 is 2.45 bits per heavy atom. The Morgan fingerprint density at radius 2 is 1.79 bits per heavy atom. The number of carbonyl (C=O) groups is 1. The van der Waals surface area contributed by atoms with Crippen molar-refractivity contribution in [2.45, 2.75) is 43.5 Å². The number of benzene rings is 2. The van der Waals surface area contributed by atoms with Gasteiger partial charge >= 0.3 is 0 Å². The van der Waals surface area contributed by atoms with Crippen LogP contribution in [0.3, 0.4) is 0 Å². The number of hydrogen-bond donors (Lipinski definition) is 1. The van der Waals surface area contributed by atoms with E-state index in [1.54, 1.807) is 26.4 Å². The first-order valence-electron chi connectivity index (χ1n) is 11.0. The van der Waals surface area contributed by atoms with Crippen molar-refractivity contribution in [3.8, 4) is 17.2 Å². The summed E-state index contributed by atoms with van der Waals surface area (Å²) in [6.45, 7) is 2.73. The van der Waals surface area contributed by atoms with Gasteiger partial charge in [-0.25, -0.2) is 8.42 Å². The maximum Gasteiger partial charge on any atom is 0.251 e. The van der Waals surface area contributed by atoms with E-state index in [4.69, 9.17) is 14.2 Å². The molecule has 0 radical (unpaired) electrons. The number of carbonyl (C=O) groups excluding carboxylic acids is 1. The van der Waals surface area contributed by atoms with Crippen molar-refractivity contribution in [3.63, 3.8) is 0 Å². The van der Waals surface area contributed by atoms with Crippen molar-refractivity contribution >= 4 is 15.9 Å². The van der Waals surface area contributed by atoms with Gasteiger partial charge in [0, 0.05) is 30.8 Å². The highest BCUT2D eigenvalue weighted by Gasteiger charge is 2.33. The predicted octanol–water partition coefficient (Wildman–Crippen LogP) is 3.25. The molecule has 1 saturated heterocycles. The maximum absolute atomic E-state index is 13.4. The Labute approximate surface area is 195 Å². The average molecular weight is 477 g/mol. The van der Waals surface area contributed by atoms with Crippen molar-refractivity contribution in [2.75, 3.05) is 34.4 Å². The SMILES string of the molecule is COc1ccc(CCNC(=O)c2ccc(OC)c(S(=O)(=O)N3CCCCC3C)c2)c(OC)c1. The zero-order chi connectivity index (χ0) is 24.0. The molecular formula is C24H32N2O6S. The summed E-state index contributed by atoms with van der Waals surface area (Å²) in [5.74, 6) is 1.24. The molecule has 1 fully saturated rings. The molecule has 1 unspecified atom stereocenters. The number of piperidine rings is 1. The first-order valence-corrected chi connectivity index (χ1v) is 12.4. The molecule has 8 nitrogen and oxygen atoms in total. The molecule has 180 valence electrons. The molecule has 0 saturated carbocycles. The molecule has 2 aromatic carbocycles. The Kier molecular flexibility index (Phi) is 8.20. The van der Waals surface area contributed by atoms with Crippen LogP contribution >= 0.6 is 0 Å². The topological polar surface area (TPSA) is 94.2 Å². The van der Waals surface area contributed by atoms with Crippen LogP contribution in [0, 0.1) is 0 Å². The molecule has 0 spiro atoms. The lowest BCUT2D eigenvalue weighted by molar-refractivity contribution is 0.0953. The second kappa shape index (κ2) is 10.9. The van der Waals surface area contributed by atoms with Crippen LogP contribution in [0.4, 0.5) is 0 Å². The number of methoxy groups -OCH3 is 3. The largest absolute Gasteiger partial charge is 0.497 e. The van der Waals surface area contributed by atoms with Gasteiger partial charge in [0.1, 0.15) is 22.1 Å². The quantitative estimate of drug-likeness (QED) is 0.597. The van der Waals surface area contributed by atoms with Crippen LogP contribution < -0.4 is 19.5 Å². The summed E-state index contributed by atoms with van der Waals surface area (Å²) < 4.78 is 44.2. The van der Waals surface area contributed by atoms with Gasteiger partial charge in [-0.05, 0) is 56.0 Å². The highest BCUT2D eigenvalue weighted by atomic mass is 32.2. The molecule has 1 aliphatic heterocycles. The number of nitrogens with one attached hydrogen (secondary N) is 1. The fourth-order valence-electron chi connectivity index (χ4n) is 4.05. The maximum atomic E-state index is 13.4. The molecular weight excluding hydrogens is 444 g/mol. The minimum Gasteiger partial charge on any atom is -0.497 e. The van der Waals surface area contributed by atoms with Crippen molar-refractivity contribution in [3.05, 3.63) is 47.5 Å². The molecule has 1 N–H and O–H groups in total. The van der Waals surface area contributed by atoms with E-state index in [0.717, 1.165) is 24.8 Å². The van der Waals surface area contributed by atoms with Gasteiger partial charge in [-0.15, -0.1) is 0 Å². The Bertz CT molecular complexity index is 1090. The zero-order valence-electron chi connectivity index (χ0n) is 19.6. The fourth-order valence-corrected chi connectivity index (χ4v) is 5.93. The van der Waals surface area contributed by atoms with Crippen molar-refractivity contribution in [1.82, 2.24) is 9.62 Å². The Morgan fingerprint density at radius 1 is 1.03 bits per heavy atom. The smallest absolute Gasteiger partial charge is 0.251 e. The summed E-state index contributed by atoms with van der Waals surface area (Å²) in [7, 11) is 0.807. The number of rotatable bonds is 9. The van der Waals surface area contributed by atoms with Gasteiger partial charge in [0.15, 0.2) is 0 Å². The van der Waals surface area contributed by atoms with E-state index < -0.39 is 10.0 Å². The lowest BCUT2D eigenvalue weighted by Crippen LogP contribution is -2.42. The van der Waals surface area contributed by atoms with E-state index in [2.05, 4.69) is 5.32 Å². The minimum atomic E-state index is -3.79. The highest BCUT2D eigenvalue weighted by Crippen LogP contribution is 2.31. The number of hydrogen-bond acceptors (Lipinski definition) is 6. The predicted molar refractivity (Wildman–Crippen MR) is 126 cm³/mol. The van der Waals surface area contributed by atoms with Gasteiger partial charge in [0.05, 0.1) is 21.3 Å². The summed E-state index contributed by atoms with van der Waals surface area (Å²) in [6.07, 6.45) is 3.19. The lowest BCUT2D eigenvalue weighted by atomic mass is 10.1. The molecule has 2 aromatic rings. The van der Waals surface area contributed by atoms with E-state index >= 15 is 0 Å². The van der Waals surface area contributed by atoms with Crippen molar-refractivity contribution < 1.29 is 27.4 Å². The molecule has 0 aliphatic carbocycles. The number of amides is 1. The summed E-state index contributed by atoms with van der Waals surface area (Å²) >= 11 is 0. The van der Waals surface area contributed by atoms with Crippen LogP contribution in [-0.4, -0.2) is 59.1 Å². The van der Waals surface area contributed by atoms with Crippen molar-refractivity contribution in [1.29, 1.82) is 0 Å². The first kappa shape index (κ1) is 24.9. The summed E-state index contributed by atoms with van der Waals surface area (Å²) in [5.41, 5.74) is 1.19. The van der Waals surface area contributed by atoms with E-state index in [1.807, 2.05) is 19.1 Å². The summed E-state index contributed by atoms with van der Waals surface area (Å²) in [6, 6.07) is 9.93. The number of nitrogens with zero attached hydrogens (tertiary/aromatic N) is 1. The standard InChI is InChI=1S/C24H32N2O6S/c1-17-7-5-6-14-26(17)33(28,29)23-15-19(9-11-21(23)31-3)24(27)25-13-12-18-8-10-20(30-2)16-22(18)32-4/h8-11,15-17H,5-7,12-14H2,1-4H3,(H,25,27). The van der Waals surface area contributed by atoms with Crippen LogP contribution in [0.5, 0.6) is 17.2 Å². The van der Waals surface area contributed by atoms with Crippen LogP contribution in [-0.2, 0) is 16.4 Å². The van der Waals surface area contributed by atoms with Crippen LogP contribution in [0.1, 0.15) is 42.1 Å². The molecule has 1 amide bonds. The Balaban J connectivity index is 1.75. The van der Waals surface area contributed by atoms with Crippen LogP contribution in [0.2, 0.25) is 0 Å². The Hall–Kier alpha value is -2.78. The third kappa shape index (κ3) is 5.59. The van der Waals surface area contributed by atoms with Gasteiger partial charge in [-0.2, -0.15) is 4.31 Å². The molecule has 9 heteroatoms. The third-order valence-electron chi connectivity index (χ3n) is 5.93. The van der Waals surface area contributed by atoms with Gasteiger partial charge in [-0.1, -0.05) is 12.5 Å². The molecule has 0 aromatic heterocycles. The fraction of sp³-hybridized carbons (Fsp3) is 0.458. The number of sulfonamides is 1. The van der Waals surface area contributed by atoms with Crippen LogP contribution in [0.15, 0.2) is 41.3 Å². The zero-order valence-corrected chi connectivity index (χ0v) is 20.4. The first-order chi connectivity index (χ1) is 15.8. The van der Waals surface area contributed by atoms with Gasteiger partial charge in [-0.3, -0.25) is 4.79 Å². The highest BCUT2D eigenvalue weighted by molar-refractivity contribution is 7.89.